The average molecular weight is 212 g/mol. The smallest absolute Gasteiger partial charge is 0.0601 e. The molecule has 0 radical (unpaired) electrons. The number of nitrogens with zero attached hydrogens (tertiary/aromatic N) is 1. The molecule has 1 aliphatic heterocycles. The Morgan fingerprint density at radius 3 is 2.67 bits per heavy atom. The molecule has 3 nitrogen and oxygen atoms in total. The fraction of sp³-hybridized carbons (Fsp3) is 1.00. The maximum absolute atomic E-state index is 5.77. The number of nitrogens with two attached hydrogens (primary N) is 1. The first kappa shape index (κ1) is 11.4. The Labute approximate surface area is 93.0 Å². The highest BCUT2D eigenvalue weighted by Gasteiger charge is 2.38. The molecular formula is C12H24N2O. The van der Waals surface area contributed by atoms with Crippen molar-refractivity contribution in [2.24, 2.45) is 11.7 Å². The predicted molar refractivity (Wildman–Crippen MR) is 61.8 cm³/mol. The number of likely N-dealkylation sites (tertiary alicyclic amines) is 1. The molecule has 0 amide bonds. The molecule has 3 heteroatoms. The van der Waals surface area contributed by atoms with Gasteiger partial charge in [0.25, 0.3) is 0 Å². The fourth-order valence-corrected chi connectivity index (χ4v) is 2.91. The van der Waals surface area contributed by atoms with Gasteiger partial charge in [-0.25, -0.2) is 0 Å². The molecule has 88 valence electrons. The molecule has 0 aromatic carbocycles. The summed E-state index contributed by atoms with van der Waals surface area (Å²) in [5.41, 5.74) is 5.77. The molecule has 2 unspecified atom stereocenters. The molecule has 2 N–H and O–H groups in total. The lowest BCUT2D eigenvalue weighted by molar-refractivity contribution is -0.0539. The van der Waals surface area contributed by atoms with E-state index in [1.54, 1.807) is 0 Å². The van der Waals surface area contributed by atoms with Crippen LogP contribution in [0, 0.1) is 5.92 Å². The van der Waals surface area contributed by atoms with Gasteiger partial charge in [-0.1, -0.05) is 0 Å². The molecule has 1 saturated carbocycles. The van der Waals surface area contributed by atoms with E-state index in [0.717, 1.165) is 24.5 Å². The summed E-state index contributed by atoms with van der Waals surface area (Å²) in [6.45, 7) is 4.41. The fourth-order valence-electron chi connectivity index (χ4n) is 2.91. The van der Waals surface area contributed by atoms with Crippen molar-refractivity contribution in [1.82, 2.24) is 4.90 Å². The minimum atomic E-state index is 0.514. The van der Waals surface area contributed by atoms with Crippen LogP contribution in [0.3, 0.4) is 0 Å². The highest BCUT2D eigenvalue weighted by molar-refractivity contribution is 4.93. The quantitative estimate of drug-likeness (QED) is 0.764. The van der Waals surface area contributed by atoms with E-state index in [0.29, 0.717) is 6.10 Å². The van der Waals surface area contributed by atoms with Crippen molar-refractivity contribution in [3.05, 3.63) is 0 Å². The van der Waals surface area contributed by atoms with E-state index in [4.69, 9.17) is 10.5 Å². The van der Waals surface area contributed by atoms with Gasteiger partial charge < -0.3 is 10.5 Å². The summed E-state index contributed by atoms with van der Waals surface area (Å²) in [6.07, 6.45) is 5.58. The van der Waals surface area contributed by atoms with Crippen LogP contribution in [0.15, 0.2) is 0 Å². The summed E-state index contributed by atoms with van der Waals surface area (Å²) in [4.78, 5) is 2.66. The van der Waals surface area contributed by atoms with Gasteiger partial charge >= 0.3 is 0 Å². The Morgan fingerprint density at radius 1 is 1.33 bits per heavy atom. The van der Waals surface area contributed by atoms with Crippen LogP contribution < -0.4 is 5.73 Å². The molecule has 15 heavy (non-hydrogen) atoms. The molecule has 0 spiro atoms. The minimum Gasteiger partial charge on any atom is -0.381 e. The number of ether oxygens (including phenoxy) is 1. The number of piperidine rings is 1. The molecule has 1 aliphatic carbocycles. The van der Waals surface area contributed by atoms with Gasteiger partial charge in [-0.05, 0) is 45.1 Å². The van der Waals surface area contributed by atoms with E-state index in [1.807, 2.05) is 7.11 Å². The third-order valence-electron chi connectivity index (χ3n) is 4.23. The second kappa shape index (κ2) is 4.81. The molecule has 1 saturated heterocycles. The van der Waals surface area contributed by atoms with Crippen molar-refractivity contribution in [3.63, 3.8) is 0 Å². The van der Waals surface area contributed by atoms with Crippen LogP contribution in [-0.2, 0) is 4.74 Å². The molecule has 2 aliphatic rings. The highest BCUT2D eigenvalue weighted by atomic mass is 16.5. The Bertz CT molecular complexity index is 204. The lowest BCUT2D eigenvalue weighted by Crippen LogP contribution is -2.55. The van der Waals surface area contributed by atoms with Gasteiger partial charge in [-0.3, -0.25) is 4.90 Å². The molecule has 0 bridgehead atoms. The largest absolute Gasteiger partial charge is 0.381 e. The van der Waals surface area contributed by atoms with Gasteiger partial charge in [0.05, 0.1) is 6.10 Å². The Morgan fingerprint density at radius 2 is 2.07 bits per heavy atom. The van der Waals surface area contributed by atoms with Gasteiger partial charge in [0.15, 0.2) is 0 Å². The van der Waals surface area contributed by atoms with Gasteiger partial charge in [0, 0.05) is 25.7 Å². The van der Waals surface area contributed by atoms with Crippen molar-refractivity contribution in [2.75, 3.05) is 20.2 Å². The summed E-state index contributed by atoms with van der Waals surface area (Å²) >= 11 is 0. The highest BCUT2D eigenvalue weighted by Crippen LogP contribution is 2.33. The SMILES string of the molecule is COC1CC(N2CC(CN)CCC2C)C1. The number of methoxy groups -OCH3 is 1. The minimum absolute atomic E-state index is 0.514. The zero-order chi connectivity index (χ0) is 10.8. The van der Waals surface area contributed by atoms with E-state index in [1.165, 1.54) is 32.2 Å². The van der Waals surface area contributed by atoms with Crippen LogP contribution in [0.4, 0.5) is 0 Å². The first-order chi connectivity index (χ1) is 7.24. The van der Waals surface area contributed by atoms with Crippen LogP contribution in [0.5, 0.6) is 0 Å². The second-order valence-corrected chi connectivity index (χ2v) is 5.21. The third-order valence-corrected chi connectivity index (χ3v) is 4.23. The van der Waals surface area contributed by atoms with E-state index >= 15 is 0 Å². The summed E-state index contributed by atoms with van der Waals surface area (Å²) in [5, 5.41) is 0. The summed E-state index contributed by atoms with van der Waals surface area (Å²) in [5.74, 6) is 0.725. The number of rotatable bonds is 3. The maximum atomic E-state index is 5.77. The number of hydrogen-bond acceptors (Lipinski definition) is 3. The topological polar surface area (TPSA) is 38.5 Å². The van der Waals surface area contributed by atoms with Crippen LogP contribution in [0.2, 0.25) is 0 Å². The third kappa shape index (κ3) is 2.35. The van der Waals surface area contributed by atoms with Gasteiger partial charge in [-0.15, -0.1) is 0 Å². The van der Waals surface area contributed by atoms with E-state index in [9.17, 15) is 0 Å². The molecule has 2 atom stereocenters. The first-order valence-electron chi connectivity index (χ1n) is 6.23. The van der Waals surface area contributed by atoms with Crippen LogP contribution in [0.25, 0.3) is 0 Å². The molecule has 2 fully saturated rings. The van der Waals surface area contributed by atoms with Crippen molar-refractivity contribution < 1.29 is 4.74 Å². The van der Waals surface area contributed by atoms with Crippen molar-refractivity contribution in [1.29, 1.82) is 0 Å². The molecule has 2 rings (SSSR count). The monoisotopic (exact) mass is 212 g/mol. The second-order valence-electron chi connectivity index (χ2n) is 5.21. The van der Waals surface area contributed by atoms with E-state index in [-0.39, 0.29) is 0 Å². The van der Waals surface area contributed by atoms with E-state index in [2.05, 4.69) is 11.8 Å². The first-order valence-corrected chi connectivity index (χ1v) is 6.23. The Kier molecular flexibility index (Phi) is 3.65. The van der Waals surface area contributed by atoms with Crippen molar-refractivity contribution >= 4 is 0 Å². The van der Waals surface area contributed by atoms with E-state index < -0.39 is 0 Å². The normalized spacial score (nSPS) is 42.6. The molecule has 0 aromatic heterocycles. The Hall–Kier alpha value is -0.120. The van der Waals surface area contributed by atoms with Gasteiger partial charge in [-0.2, -0.15) is 0 Å². The van der Waals surface area contributed by atoms with Gasteiger partial charge in [0.1, 0.15) is 0 Å². The van der Waals surface area contributed by atoms with Gasteiger partial charge in [0.2, 0.25) is 0 Å². The van der Waals surface area contributed by atoms with Crippen LogP contribution in [0.1, 0.15) is 32.6 Å². The zero-order valence-corrected chi connectivity index (χ0v) is 9.98. The zero-order valence-electron chi connectivity index (χ0n) is 9.98. The molecular weight excluding hydrogens is 188 g/mol. The average Bonchev–Trinajstić information content (AvgIpc) is 2.19. The number of hydrogen-bond donors (Lipinski definition) is 1. The standard InChI is InChI=1S/C12H24N2O/c1-9-3-4-10(7-13)8-14(9)11-5-12(6-11)15-2/h9-12H,3-8,13H2,1-2H3. The molecule has 0 aromatic rings. The van der Waals surface area contributed by atoms with Crippen LogP contribution in [-0.4, -0.2) is 43.3 Å². The Balaban J connectivity index is 1.84. The predicted octanol–water partition coefficient (Wildman–Crippen LogP) is 1.22. The van der Waals surface area contributed by atoms with Crippen LogP contribution >= 0.6 is 0 Å². The summed E-state index contributed by atoms with van der Waals surface area (Å²) in [7, 11) is 1.82. The lowest BCUT2D eigenvalue weighted by atomic mass is 9.83. The molecule has 1 heterocycles. The van der Waals surface area contributed by atoms with Crippen molar-refractivity contribution in [3.8, 4) is 0 Å². The summed E-state index contributed by atoms with van der Waals surface area (Å²) < 4.78 is 5.34. The van der Waals surface area contributed by atoms with Crippen molar-refractivity contribution in [2.45, 2.75) is 50.8 Å². The maximum Gasteiger partial charge on any atom is 0.0601 e. The summed E-state index contributed by atoms with van der Waals surface area (Å²) in [6, 6.07) is 1.51. The lowest BCUT2D eigenvalue weighted by Gasteiger charge is -2.48.